The van der Waals surface area contributed by atoms with Crippen molar-refractivity contribution in [2.45, 2.75) is 33.0 Å². The molecule has 3 N–H and O–H groups in total. The summed E-state index contributed by atoms with van der Waals surface area (Å²) in [6, 6.07) is 15.4. The highest BCUT2D eigenvalue weighted by Crippen LogP contribution is 2.29. The summed E-state index contributed by atoms with van der Waals surface area (Å²) in [6.45, 7) is 8.23. The summed E-state index contributed by atoms with van der Waals surface area (Å²) in [7, 11) is 0. The highest BCUT2D eigenvalue weighted by Gasteiger charge is 2.09. The van der Waals surface area contributed by atoms with E-state index in [4.69, 9.17) is 0 Å². The van der Waals surface area contributed by atoms with Gasteiger partial charge >= 0.3 is 0 Å². The van der Waals surface area contributed by atoms with Gasteiger partial charge in [-0.3, -0.25) is 0 Å². The Kier molecular flexibility index (Phi) is 5.51. The topological polar surface area (TPSA) is 49.2 Å². The first kappa shape index (κ1) is 17.0. The summed E-state index contributed by atoms with van der Waals surface area (Å²) in [4.78, 5) is 0. The van der Waals surface area contributed by atoms with Gasteiger partial charge in [0.2, 0.25) is 0 Å². The number of aliphatic hydroxyl groups is 1. The first-order chi connectivity index (χ1) is 11.7. The van der Waals surface area contributed by atoms with Gasteiger partial charge in [0.05, 0.1) is 6.10 Å². The average Bonchev–Trinajstić information content (AvgIpc) is 2.91. The van der Waals surface area contributed by atoms with Gasteiger partial charge in [-0.25, -0.2) is 0 Å². The maximum absolute atomic E-state index is 9.21. The van der Waals surface area contributed by atoms with Crippen molar-refractivity contribution in [3.8, 4) is 0 Å². The third-order valence-electron chi connectivity index (χ3n) is 4.40. The van der Waals surface area contributed by atoms with Gasteiger partial charge in [0.25, 0.3) is 0 Å². The van der Waals surface area contributed by atoms with E-state index in [1.807, 2.05) is 0 Å². The van der Waals surface area contributed by atoms with Gasteiger partial charge in [-0.15, -0.1) is 0 Å². The van der Waals surface area contributed by atoms with Crippen LogP contribution in [-0.4, -0.2) is 35.4 Å². The summed E-state index contributed by atoms with van der Waals surface area (Å²) in [5, 5.41) is 18.6. The molecule has 0 saturated carbocycles. The molecule has 1 unspecified atom stereocenters. The molecule has 3 rings (SSSR count). The Bertz CT molecular complexity index is 807. The standard InChI is InChI=1S/C20H27N3O/c1-3-23-19-7-5-4-6-17(19)18-12-16(8-9-20(18)23)14-22-11-10-21-13-15(2)24/h4-9,12,15,21-22,24H,3,10-11,13-14H2,1-2H3. The summed E-state index contributed by atoms with van der Waals surface area (Å²) in [5.74, 6) is 0. The first-order valence-electron chi connectivity index (χ1n) is 8.80. The number of nitrogens with zero attached hydrogens (tertiary/aromatic N) is 1. The van der Waals surface area contributed by atoms with Gasteiger partial charge in [-0.1, -0.05) is 24.3 Å². The molecule has 2 aromatic carbocycles. The highest BCUT2D eigenvalue weighted by atomic mass is 16.3. The predicted molar refractivity (Wildman–Crippen MR) is 101 cm³/mol. The second kappa shape index (κ2) is 7.79. The Morgan fingerprint density at radius 2 is 1.75 bits per heavy atom. The molecule has 4 heteroatoms. The van der Waals surface area contributed by atoms with E-state index in [1.165, 1.54) is 27.4 Å². The second-order valence-corrected chi connectivity index (χ2v) is 6.34. The quantitative estimate of drug-likeness (QED) is 0.558. The molecule has 0 saturated heterocycles. The average molecular weight is 325 g/mol. The number of aliphatic hydroxyl groups excluding tert-OH is 1. The molecule has 0 aliphatic carbocycles. The molecule has 0 bridgehead atoms. The lowest BCUT2D eigenvalue weighted by Gasteiger charge is -2.08. The fraction of sp³-hybridized carbons (Fsp3) is 0.400. The minimum Gasteiger partial charge on any atom is -0.392 e. The van der Waals surface area contributed by atoms with Gasteiger partial charge in [0.15, 0.2) is 0 Å². The third kappa shape index (κ3) is 3.61. The highest BCUT2D eigenvalue weighted by molar-refractivity contribution is 6.08. The number of hydrogen-bond donors (Lipinski definition) is 3. The largest absolute Gasteiger partial charge is 0.392 e. The molecule has 128 valence electrons. The Morgan fingerprint density at radius 1 is 1.00 bits per heavy atom. The zero-order chi connectivity index (χ0) is 16.9. The van der Waals surface area contributed by atoms with E-state index in [-0.39, 0.29) is 6.10 Å². The van der Waals surface area contributed by atoms with E-state index < -0.39 is 0 Å². The minimum absolute atomic E-state index is 0.289. The number of rotatable bonds is 8. The van der Waals surface area contributed by atoms with E-state index >= 15 is 0 Å². The Labute approximate surface area is 143 Å². The van der Waals surface area contributed by atoms with Crippen LogP contribution in [0, 0.1) is 0 Å². The number of nitrogens with one attached hydrogen (secondary N) is 2. The fourth-order valence-electron chi connectivity index (χ4n) is 3.27. The van der Waals surface area contributed by atoms with Crippen molar-refractivity contribution in [2.75, 3.05) is 19.6 Å². The molecular weight excluding hydrogens is 298 g/mol. The molecule has 3 aromatic rings. The second-order valence-electron chi connectivity index (χ2n) is 6.34. The van der Waals surface area contributed by atoms with E-state index in [0.29, 0.717) is 6.54 Å². The summed E-state index contributed by atoms with van der Waals surface area (Å²) in [5.41, 5.74) is 3.92. The van der Waals surface area contributed by atoms with Crippen LogP contribution < -0.4 is 10.6 Å². The maximum Gasteiger partial charge on any atom is 0.0636 e. The van der Waals surface area contributed by atoms with Crippen LogP contribution in [0.15, 0.2) is 42.5 Å². The van der Waals surface area contributed by atoms with E-state index in [9.17, 15) is 5.11 Å². The summed E-state index contributed by atoms with van der Waals surface area (Å²) < 4.78 is 2.38. The molecule has 4 nitrogen and oxygen atoms in total. The lowest BCUT2D eigenvalue weighted by molar-refractivity contribution is 0.191. The van der Waals surface area contributed by atoms with Gasteiger partial charge < -0.3 is 20.3 Å². The van der Waals surface area contributed by atoms with Crippen LogP contribution in [0.1, 0.15) is 19.4 Å². The molecule has 0 aliphatic heterocycles. The van der Waals surface area contributed by atoms with Gasteiger partial charge in [0, 0.05) is 54.5 Å². The number of aromatic nitrogens is 1. The lowest BCUT2D eigenvalue weighted by atomic mass is 10.1. The SMILES string of the molecule is CCn1c2ccccc2c2cc(CNCCNCC(C)O)ccc21. The van der Waals surface area contributed by atoms with Crippen molar-refractivity contribution >= 4 is 21.8 Å². The zero-order valence-corrected chi connectivity index (χ0v) is 14.5. The molecule has 1 atom stereocenters. The van der Waals surface area contributed by atoms with E-state index in [1.54, 1.807) is 6.92 Å². The normalized spacial score (nSPS) is 13.0. The zero-order valence-electron chi connectivity index (χ0n) is 14.5. The van der Waals surface area contributed by atoms with Gasteiger partial charge in [-0.05, 0) is 37.6 Å². The van der Waals surface area contributed by atoms with Crippen molar-refractivity contribution in [3.05, 3.63) is 48.0 Å². The van der Waals surface area contributed by atoms with Crippen molar-refractivity contribution in [1.29, 1.82) is 0 Å². The molecular formula is C20H27N3O. The molecule has 0 amide bonds. The number of hydrogen-bond acceptors (Lipinski definition) is 3. The van der Waals surface area contributed by atoms with Crippen molar-refractivity contribution in [2.24, 2.45) is 0 Å². The van der Waals surface area contributed by atoms with Crippen LogP contribution in [-0.2, 0) is 13.1 Å². The van der Waals surface area contributed by atoms with Crippen molar-refractivity contribution < 1.29 is 5.11 Å². The van der Waals surface area contributed by atoms with Crippen LogP contribution in [0.5, 0.6) is 0 Å². The van der Waals surface area contributed by atoms with Gasteiger partial charge in [-0.2, -0.15) is 0 Å². The van der Waals surface area contributed by atoms with Crippen LogP contribution in [0.2, 0.25) is 0 Å². The Hall–Kier alpha value is -1.88. The predicted octanol–water partition coefficient (Wildman–Crippen LogP) is 2.87. The van der Waals surface area contributed by atoms with Crippen LogP contribution >= 0.6 is 0 Å². The number of fused-ring (bicyclic) bond motifs is 3. The Morgan fingerprint density at radius 3 is 2.54 bits per heavy atom. The number of aryl methyl sites for hydroxylation is 1. The fourth-order valence-corrected chi connectivity index (χ4v) is 3.27. The molecule has 1 aromatic heterocycles. The lowest BCUT2D eigenvalue weighted by Crippen LogP contribution is -2.31. The monoisotopic (exact) mass is 325 g/mol. The van der Waals surface area contributed by atoms with E-state index in [2.05, 4.69) is 64.6 Å². The van der Waals surface area contributed by atoms with Crippen molar-refractivity contribution in [3.63, 3.8) is 0 Å². The minimum atomic E-state index is -0.289. The number of benzene rings is 2. The first-order valence-corrected chi connectivity index (χ1v) is 8.80. The van der Waals surface area contributed by atoms with Crippen LogP contribution in [0.4, 0.5) is 0 Å². The summed E-state index contributed by atoms with van der Waals surface area (Å²) >= 11 is 0. The number of para-hydroxylation sites is 1. The molecule has 0 aliphatic rings. The smallest absolute Gasteiger partial charge is 0.0636 e. The van der Waals surface area contributed by atoms with Crippen molar-refractivity contribution in [1.82, 2.24) is 15.2 Å². The molecule has 0 fully saturated rings. The van der Waals surface area contributed by atoms with Gasteiger partial charge in [0.1, 0.15) is 0 Å². The maximum atomic E-state index is 9.21. The third-order valence-corrected chi connectivity index (χ3v) is 4.40. The van der Waals surface area contributed by atoms with Crippen LogP contribution in [0.25, 0.3) is 21.8 Å². The molecule has 0 radical (unpaired) electrons. The van der Waals surface area contributed by atoms with E-state index in [0.717, 1.165) is 26.2 Å². The molecule has 1 heterocycles. The van der Waals surface area contributed by atoms with Crippen LogP contribution in [0.3, 0.4) is 0 Å². The Balaban J connectivity index is 1.71. The molecule has 0 spiro atoms. The molecule has 24 heavy (non-hydrogen) atoms. The summed E-state index contributed by atoms with van der Waals surface area (Å²) in [6.07, 6.45) is -0.289.